The number of nitrogens with zero attached hydrogens (tertiary/aromatic N) is 4. The van der Waals surface area contributed by atoms with Gasteiger partial charge in [0.1, 0.15) is 11.4 Å². The summed E-state index contributed by atoms with van der Waals surface area (Å²) in [5, 5.41) is 0. The topological polar surface area (TPSA) is 71.7 Å². The lowest BCUT2D eigenvalue weighted by molar-refractivity contribution is -0.274. The number of alkyl halides is 3. The normalized spacial score (nSPS) is 14.6. The zero-order chi connectivity index (χ0) is 21.1. The minimum Gasteiger partial charge on any atom is -0.463 e. The molecule has 1 aromatic carbocycles. The van der Waals surface area contributed by atoms with E-state index in [-0.39, 0.29) is 5.56 Å². The molecular formula is C20H17F3N4O3. The highest BCUT2D eigenvalue weighted by molar-refractivity contribution is 5.97. The predicted octanol–water partition coefficient (Wildman–Crippen LogP) is 3.60. The first kappa shape index (κ1) is 19.7. The summed E-state index contributed by atoms with van der Waals surface area (Å²) < 4.78 is 47.2. The van der Waals surface area contributed by atoms with Crippen LogP contribution in [0.3, 0.4) is 0 Å². The van der Waals surface area contributed by atoms with Gasteiger partial charge in [-0.3, -0.25) is 4.79 Å². The number of anilines is 1. The Labute approximate surface area is 169 Å². The van der Waals surface area contributed by atoms with Gasteiger partial charge in [-0.05, 0) is 30.3 Å². The van der Waals surface area contributed by atoms with E-state index in [2.05, 4.69) is 14.7 Å². The van der Waals surface area contributed by atoms with Gasteiger partial charge in [0.2, 0.25) is 5.95 Å². The minimum atomic E-state index is -4.87. The van der Waals surface area contributed by atoms with Gasteiger partial charge in [0.25, 0.3) is 5.91 Å². The Kier molecular flexibility index (Phi) is 5.30. The number of piperazine rings is 1. The van der Waals surface area contributed by atoms with E-state index in [1.807, 2.05) is 4.90 Å². The largest absolute Gasteiger partial charge is 0.573 e. The van der Waals surface area contributed by atoms with Crippen molar-refractivity contribution in [3.8, 4) is 17.2 Å². The molecule has 3 heterocycles. The number of hydrogen-bond acceptors (Lipinski definition) is 6. The summed E-state index contributed by atoms with van der Waals surface area (Å²) >= 11 is 0. The first-order valence-electron chi connectivity index (χ1n) is 9.16. The molecule has 0 spiro atoms. The number of ether oxygens (including phenoxy) is 1. The number of halogens is 3. The minimum absolute atomic E-state index is 0.126. The maximum absolute atomic E-state index is 12.8. The Balaban J connectivity index is 1.44. The smallest absolute Gasteiger partial charge is 0.463 e. The van der Waals surface area contributed by atoms with Crippen molar-refractivity contribution >= 4 is 11.9 Å². The van der Waals surface area contributed by atoms with E-state index in [4.69, 9.17) is 4.42 Å². The third-order valence-corrected chi connectivity index (χ3v) is 4.61. The van der Waals surface area contributed by atoms with Gasteiger partial charge in [-0.25, -0.2) is 9.97 Å². The van der Waals surface area contributed by atoms with Crippen LogP contribution in [0.1, 0.15) is 10.4 Å². The molecule has 2 aromatic heterocycles. The molecule has 30 heavy (non-hydrogen) atoms. The number of carbonyl (C=O) groups is 1. The van der Waals surface area contributed by atoms with Crippen LogP contribution >= 0.6 is 0 Å². The van der Waals surface area contributed by atoms with Gasteiger partial charge in [0.05, 0.1) is 11.8 Å². The Hall–Kier alpha value is -3.56. The van der Waals surface area contributed by atoms with E-state index < -0.39 is 18.0 Å². The van der Waals surface area contributed by atoms with Crippen molar-refractivity contribution in [1.82, 2.24) is 14.9 Å². The van der Waals surface area contributed by atoms with Crippen LogP contribution in [-0.4, -0.2) is 53.3 Å². The van der Waals surface area contributed by atoms with Crippen molar-refractivity contribution in [3.05, 3.63) is 60.5 Å². The summed E-state index contributed by atoms with van der Waals surface area (Å²) in [5.74, 6) is 0.0946. The van der Waals surface area contributed by atoms with Gasteiger partial charge in [-0.15, -0.1) is 13.2 Å². The lowest BCUT2D eigenvalue weighted by Gasteiger charge is -2.35. The number of para-hydroxylation sites is 1. The lowest BCUT2D eigenvalue weighted by atomic mass is 10.1. The van der Waals surface area contributed by atoms with Crippen molar-refractivity contribution in [2.24, 2.45) is 0 Å². The standard InChI is InChI=1S/C20H17F3N4O3/c21-20(22,23)30-16-5-2-1-4-14(16)18(28)26-9-11-27(12-10-26)19-24-8-7-15(25-19)17-6-3-13-29-17/h1-8,13H,9-12H2. The molecule has 156 valence electrons. The van der Waals surface area contributed by atoms with E-state index in [1.165, 1.54) is 23.1 Å². The Bertz CT molecular complexity index is 1020. The van der Waals surface area contributed by atoms with E-state index in [0.717, 1.165) is 6.07 Å². The highest BCUT2D eigenvalue weighted by Crippen LogP contribution is 2.28. The predicted molar refractivity (Wildman–Crippen MR) is 101 cm³/mol. The van der Waals surface area contributed by atoms with Crippen LogP contribution in [0, 0.1) is 0 Å². The van der Waals surface area contributed by atoms with E-state index in [1.54, 1.807) is 30.7 Å². The molecule has 0 atom stereocenters. The summed E-state index contributed by atoms with van der Waals surface area (Å²) in [4.78, 5) is 25.0. The molecule has 0 bridgehead atoms. The second-order valence-corrected chi connectivity index (χ2v) is 6.54. The number of carbonyl (C=O) groups excluding carboxylic acids is 1. The zero-order valence-electron chi connectivity index (χ0n) is 15.7. The maximum atomic E-state index is 12.8. The van der Waals surface area contributed by atoms with Gasteiger partial charge in [0.15, 0.2) is 5.76 Å². The molecule has 0 unspecified atom stereocenters. The second-order valence-electron chi connectivity index (χ2n) is 6.54. The van der Waals surface area contributed by atoms with Crippen LogP contribution in [-0.2, 0) is 0 Å². The molecule has 1 aliphatic heterocycles. The van der Waals surface area contributed by atoms with E-state index >= 15 is 0 Å². The third kappa shape index (κ3) is 4.37. The summed E-state index contributed by atoms with van der Waals surface area (Å²) in [7, 11) is 0. The number of hydrogen-bond donors (Lipinski definition) is 0. The Morgan fingerprint density at radius 3 is 2.50 bits per heavy atom. The van der Waals surface area contributed by atoms with Crippen molar-refractivity contribution in [2.45, 2.75) is 6.36 Å². The van der Waals surface area contributed by atoms with Crippen LogP contribution < -0.4 is 9.64 Å². The molecule has 0 saturated carbocycles. The maximum Gasteiger partial charge on any atom is 0.573 e. The molecule has 0 radical (unpaired) electrons. The first-order chi connectivity index (χ1) is 14.4. The molecule has 3 aromatic rings. The fraction of sp³-hybridized carbons (Fsp3) is 0.250. The number of rotatable bonds is 4. The Morgan fingerprint density at radius 1 is 1.03 bits per heavy atom. The molecule has 4 rings (SSSR count). The van der Waals surface area contributed by atoms with Gasteiger partial charge in [-0.2, -0.15) is 0 Å². The Morgan fingerprint density at radius 2 is 1.80 bits per heavy atom. The fourth-order valence-corrected chi connectivity index (χ4v) is 3.20. The fourth-order valence-electron chi connectivity index (χ4n) is 3.20. The van der Waals surface area contributed by atoms with Crippen molar-refractivity contribution in [3.63, 3.8) is 0 Å². The molecule has 1 aliphatic rings. The average Bonchev–Trinajstić information content (AvgIpc) is 3.28. The van der Waals surface area contributed by atoms with Gasteiger partial charge in [0, 0.05) is 32.4 Å². The monoisotopic (exact) mass is 418 g/mol. The average molecular weight is 418 g/mol. The van der Waals surface area contributed by atoms with Gasteiger partial charge >= 0.3 is 6.36 Å². The number of amides is 1. The number of benzene rings is 1. The molecular weight excluding hydrogens is 401 g/mol. The van der Waals surface area contributed by atoms with Crippen LogP contribution in [0.15, 0.2) is 59.3 Å². The van der Waals surface area contributed by atoms with Crippen LogP contribution in [0.5, 0.6) is 5.75 Å². The van der Waals surface area contributed by atoms with E-state index in [9.17, 15) is 18.0 Å². The third-order valence-electron chi connectivity index (χ3n) is 4.61. The molecule has 1 amide bonds. The highest BCUT2D eigenvalue weighted by atomic mass is 19.4. The van der Waals surface area contributed by atoms with Crippen LogP contribution in [0.4, 0.5) is 19.1 Å². The molecule has 0 aliphatic carbocycles. The van der Waals surface area contributed by atoms with E-state index in [0.29, 0.717) is 43.6 Å². The molecule has 1 fully saturated rings. The van der Waals surface area contributed by atoms with Crippen LogP contribution in [0.2, 0.25) is 0 Å². The lowest BCUT2D eigenvalue weighted by Crippen LogP contribution is -2.49. The van der Waals surface area contributed by atoms with Crippen molar-refractivity contribution in [1.29, 1.82) is 0 Å². The summed E-state index contributed by atoms with van der Waals surface area (Å²) in [6.45, 7) is 1.51. The molecule has 1 saturated heterocycles. The molecule has 0 N–H and O–H groups in total. The zero-order valence-corrected chi connectivity index (χ0v) is 15.7. The number of aromatic nitrogens is 2. The van der Waals surface area contributed by atoms with Gasteiger partial charge in [-0.1, -0.05) is 12.1 Å². The molecule has 7 nitrogen and oxygen atoms in total. The SMILES string of the molecule is O=C(c1ccccc1OC(F)(F)F)N1CCN(c2nccc(-c3ccco3)n2)CC1. The highest BCUT2D eigenvalue weighted by Gasteiger charge is 2.34. The quantitative estimate of drug-likeness (QED) is 0.645. The second kappa shape index (κ2) is 8.05. The summed E-state index contributed by atoms with van der Waals surface area (Å²) in [5.41, 5.74) is 0.515. The van der Waals surface area contributed by atoms with Gasteiger partial charge < -0.3 is 19.0 Å². The first-order valence-corrected chi connectivity index (χ1v) is 9.16. The number of furan rings is 1. The van der Waals surface area contributed by atoms with Crippen molar-refractivity contribution in [2.75, 3.05) is 31.1 Å². The molecule has 10 heteroatoms. The summed E-state index contributed by atoms with van der Waals surface area (Å²) in [6.07, 6.45) is -1.68. The van der Waals surface area contributed by atoms with Crippen LogP contribution in [0.25, 0.3) is 11.5 Å². The summed E-state index contributed by atoms with van der Waals surface area (Å²) in [6, 6.07) is 10.6. The van der Waals surface area contributed by atoms with Crippen molar-refractivity contribution < 1.29 is 27.1 Å².